The SMILES string of the molecule is CCc1ccc(C(O)(CC(=O)O)CC(C)C)cc1. The molecule has 0 aromatic heterocycles. The number of aliphatic carboxylic acids is 1. The number of hydrogen-bond acceptors (Lipinski definition) is 2. The Labute approximate surface area is 108 Å². The first-order valence-electron chi connectivity index (χ1n) is 6.41. The first-order chi connectivity index (χ1) is 8.37. The van der Waals surface area contributed by atoms with Crippen molar-refractivity contribution in [1.82, 2.24) is 0 Å². The Kier molecular flexibility index (Phi) is 4.91. The highest BCUT2D eigenvalue weighted by molar-refractivity contribution is 5.68. The summed E-state index contributed by atoms with van der Waals surface area (Å²) < 4.78 is 0. The van der Waals surface area contributed by atoms with Gasteiger partial charge in [-0.3, -0.25) is 4.79 Å². The van der Waals surface area contributed by atoms with Crippen molar-refractivity contribution in [3.63, 3.8) is 0 Å². The summed E-state index contributed by atoms with van der Waals surface area (Å²) in [6.45, 7) is 6.02. The van der Waals surface area contributed by atoms with E-state index in [1.807, 2.05) is 38.1 Å². The third-order valence-electron chi connectivity index (χ3n) is 3.09. The van der Waals surface area contributed by atoms with Crippen molar-refractivity contribution in [3.05, 3.63) is 35.4 Å². The van der Waals surface area contributed by atoms with Crippen LogP contribution in [0.3, 0.4) is 0 Å². The molecule has 0 bridgehead atoms. The molecule has 100 valence electrons. The second-order valence-corrected chi connectivity index (χ2v) is 5.25. The van der Waals surface area contributed by atoms with Crippen LogP contribution in [-0.2, 0) is 16.8 Å². The highest BCUT2D eigenvalue weighted by Crippen LogP contribution is 2.32. The summed E-state index contributed by atoms with van der Waals surface area (Å²) >= 11 is 0. The average Bonchev–Trinajstić information content (AvgIpc) is 2.27. The van der Waals surface area contributed by atoms with Gasteiger partial charge in [0.1, 0.15) is 5.60 Å². The molecular formula is C15H22O3. The van der Waals surface area contributed by atoms with Crippen LogP contribution >= 0.6 is 0 Å². The number of hydrogen-bond donors (Lipinski definition) is 2. The van der Waals surface area contributed by atoms with E-state index in [2.05, 4.69) is 6.92 Å². The van der Waals surface area contributed by atoms with Gasteiger partial charge in [-0.25, -0.2) is 0 Å². The molecule has 2 N–H and O–H groups in total. The molecule has 0 amide bonds. The van der Waals surface area contributed by atoms with Crippen LogP contribution in [0.4, 0.5) is 0 Å². The first-order valence-corrected chi connectivity index (χ1v) is 6.41. The highest BCUT2D eigenvalue weighted by Gasteiger charge is 2.32. The zero-order valence-corrected chi connectivity index (χ0v) is 11.3. The zero-order valence-electron chi connectivity index (χ0n) is 11.3. The van der Waals surface area contributed by atoms with Gasteiger partial charge < -0.3 is 10.2 Å². The molecule has 18 heavy (non-hydrogen) atoms. The van der Waals surface area contributed by atoms with E-state index in [-0.39, 0.29) is 12.3 Å². The number of aliphatic hydroxyl groups is 1. The summed E-state index contributed by atoms with van der Waals surface area (Å²) in [6.07, 6.45) is 1.13. The van der Waals surface area contributed by atoms with Gasteiger partial charge in [-0.2, -0.15) is 0 Å². The lowest BCUT2D eigenvalue weighted by Gasteiger charge is -2.29. The number of carbonyl (C=O) groups is 1. The number of aryl methyl sites for hydroxylation is 1. The standard InChI is InChI=1S/C15H22O3/c1-4-12-5-7-13(8-6-12)15(18,9-11(2)3)10-14(16)17/h5-8,11,18H,4,9-10H2,1-3H3,(H,16,17). The van der Waals surface area contributed by atoms with Crippen molar-refractivity contribution >= 4 is 5.97 Å². The second-order valence-electron chi connectivity index (χ2n) is 5.25. The van der Waals surface area contributed by atoms with Crippen LogP contribution in [0.1, 0.15) is 44.7 Å². The predicted molar refractivity (Wildman–Crippen MR) is 71.4 cm³/mol. The van der Waals surface area contributed by atoms with E-state index < -0.39 is 11.6 Å². The molecule has 0 radical (unpaired) electrons. The quantitative estimate of drug-likeness (QED) is 0.816. The van der Waals surface area contributed by atoms with Gasteiger partial charge in [0.2, 0.25) is 0 Å². The van der Waals surface area contributed by atoms with Gasteiger partial charge in [0.15, 0.2) is 0 Å². The molecule has 3 nitrogen and oxygen atoms in total. The minimum absolute atomic E-state index is 0.236. The minimum atomic E-state index is -1.27. The number of carboxylic acids is 1. The smallest absolute Gasteiger partial charge is 0.306 e. The maximum Gasteiger partial charge on any atom is 0.306 e. The second kappa shape index (κ2) is 6.01. The zero-order chi connectivity index (χ0) is 13.8. The Morgan fingerprint density at radius 3 is 2.22 bits per heavy atom. The summed E-state index contributed by atoms with van der Waals surface area (Å²) in [5.41, 5.74) is 0.600. The Bertz CT molecular complexity index is 395. The van der Waals surface area contributed by atoms with E-state index in [9.17, 15) is 9.90 Å². The van der Waals surface area contributed by atoms with Gasteiger partial charge in [0, 0.05) is 0 Å². The van der Waals surface area contributed by atoms with Crippen molar-refractivity contribution in [2.24, 2.45) is 5.92 Å². The summed E-state index contributed by atoms with van der Waals surface area (Å²) in [5, 5.41) is 19.6. The third-order valence-corrected chi connectivity index (χ3v) is 3.09. The lowest BCUT2D eigenvalue weighted by molar-refractivity contribution is -0.143. The molecule has 0 saturated carbocycles. The van der Waals surface area contributed by atoms with Crippen molar-refractivity contribution in [3.8, 4) is 0 Å². The normalized spacial score (nSPS) is 14.5. The molecule has 0 spiro atoms. The van der Waals surface area contributed by atoms with E-state index in [1.165, 1.54) is 5.56 Å². The van der Waals surface area contributed by atoms with Gasteiger partial charge in [-0.1, -0.05) is 45.0 Å². The van der Waals surface area contributed by atoms with Crippen LogP contribution in [0.5, 0.6) is 0 Å². The molecule has 1 aromatic rings. The Morgan fingerprint density at radius 1 is 1.28 bits per heavy atom. The monoisotopic (exact) mass is 250 g/mol. The van der Waals surface area contributed by atoms with Gasteiger partial charge in [-0.05, 0) is 29.9 Å². The van der Waals surface area contributed by atoms with Crippen LogP contribution in [-0.4, -0.2) is 16.2 Å². The van der Waals surface area contributed by atoms with E-state index >= 15 is 0 Å². The Hall–Kier alpha value is -1.35. The summed E-state index contributed by atoms with van der Waals surface area (Å²) in [6, 6.07) is 7.57. The highest BCUT2D eigenvalue weighted by atomic mass is 16.4. The molecule has 1 unspecified atom stereocenters. The molecule has 3 heteroatoms. The van der Waals surface area contributed by atoms with Crippen LogP contribution < -0.4 is 0 Å². The van der Waals surface area contributed by atoms with Crippen molar-refractivity contribution in [1.29, 1.82) is 0 Å². The van der Waals surface area contributed by atoms with Crippen molar-refractivity contribution < 1.29 is 15.0 Å². The van der Waals surface area contributed by atoms with Gasteiger partial charge >= 0.3 is 5.97 Å². The number of rotatable bonds is 6. The fourth-order valence-corrected chi connectivity index (χ4v) is 2.27. The third kappa shape index (κ3) is 3.84. The molecule has 0 aliphatic carbocycles. The van der Waals surface area contributed by atoms with Crippen LogP contribution in [0.2, 0.25) is 0 Å². The van der Waals surface area contributed by atoms with E-state index in [0.29, 0.717) is 12.0 Å². The van der Waals surface area contributed by atoms with Gasteiger partial charge in [0.25, 0.3) is 0 Å². The average molecular weight is 250 g/mol. The maximum atomic E-state index is 10.9. The Morgan fingerprint density at radius 2 is 1.83 bits per heavy atom. The van der Waals surface area contributed by atoms with E-state index in [4.69, 9.17) is 5.11 Å². The summed E-state index contributed by atoms with van der Waals surface area (Å²) in [4.78, 5) is 10.9. The van der Waals surface area contributed by atoms with Gasteiger partial charge in [-0.15, -0.1) is 0 Å². The largest absolute Gasteiger partial charge is 0.481 e. The summed E-state index contributed by atoms with van der Waals surface area (Å²) in [7, 11) is 0. The fourth-order valence-electron chi connectivity index (χ4n) is 2.27. The minimum Gasteiger partial charge on any atom is -0.481 e. The van der Waals surface area contributed by atoms with E-state index in [0.717, 1.165) is 6.42 Å². The molecule has 0 aliphatic rings. The van der Waals surface area contributed by atoms with Gasteiger partial charge in [0.05, 0.1) is 6.42 Å². The predicted octanol–water partition coefficient (Wildman–Crippen LogP) is 2.96. The molecule has 0 fully saturated rings. The van der Waals surface area contributed by atoms with E-state index in [1.54, 1.807) is 0 Å². The van der Waals surface area contributed by atoms with Crippen LogP contribution in [0, 0.1) is 5.92 Å². The van der Waals surface area contributed by atoms with Crippen molar-refractivity contribution in [2.75, 3.05) is 0 Å². The lowest BCUT2D eigenvalue weighted by atomic mass is 9.83. The first kappa shape index (κ1) is 14.7. The molecular weight excluding hydrogens is 228 g/mol. The molecule has 0 aliphatic heterocycles. The molecule has 0 saturated heterocycles. The summed E-state index contributed by atoms with van der Waals surface area (Å²) in [5.74, 6) is -0.738. The molecule has 0 heterocycles. The topological polar surface area (TPSA) is 57.5 Å². The lowest BCUT2D eigenvalue weighted by Crippen LogP contribution is -2.30. The fraction of sp³-hybridized carbons (Fsp3) is 0.533. The number of carboxylic acid groups (broad SMARTS) is 1. The maximum absolute atomic E-state index is 10.9. The molecule has 1 aromatic carbocycles. The molecule has 1 rings (SSSR count). The van der Waals surface area contributed by atoms with Crippen LogP contribution in [0.15, 0.2) is 24.3 Å². The number of benzene rings is 1. The molecule has 1 atom stereocenters. The Balaban J connectivity index is 3.03. The van der Waals surface area contributed by atoms with Crippen LogP contribution in [0.25, 0.3) is 0 Å². The van der Waals surface area contributed by atoms with Crippen molar-refractivity contribution in [2.45, 2.75) is 45.6 Å².